The second-order valence-corrected chi connectivity index (χ2v) is 8.80. The van der Waals surface area contributed by atoms with E-state index in [9.17, 15) is 4.79 Å². The van der Waals surface area contributed by atoms with Crippen LogP contribution in [0, 0.1) is 6.92 Å². The van der Waals surface area contributed by atoms with Crippen LogP contribution in [-0.4, -0.2) is 47.5 Å². The van der Waals surface area contributed by atoms with Crippen molar-refractivity contribution < 1.29 is 14.4 Å². The van der Waals surface area contributed by atoms with Gasteiger partial charge in [-0.2, -0.15) is 10.1 Å². The highest BCUT2D eigenvalue weighted by molar-refractivity contribution is 6.00. The van der Waals surface area contributed by atoms with Gasteiger partial charge in [-0.05, 0) is 44.2 Å². The van der Waals surface area contributed by atoms with E-state index in [1.165, 1.54) is 12.8 Å². The zero-order valence-corrected chi connectivity index (χ0v) is 19.6. The molecule has 0 aromatic carbocycles. The van der Waals surface area contributed by atoms with Crippen molar-refractivity contribution in [3.05, 3.63) is 47.9 Å². The number of unbranched alkanes of at least 4 members (excludes halogenated alkanes) is 1. The number of urea groups is 1. The van der Waals surface area contributed by atoms with Gasteiger partial charge in [-0.1, -0.05) is 18.0 Å². The Bertz CT molecular complexity index is 1330. The lowest BCUT2D eigenvalue weighted by atomic mass is 10.0. The molecule has 1 saturated carbocycles. The minimum atomic E-state index is -0.378. The molecule has 4 heterocycles. The standard InChI is InChI=1S/C24H28N8O3/c1-15-12-17(13-26-21(15)23-30-20(35-31-23)8-4-5-11-33)28-24(34)29-18-14-25-19-9-10-27-32(19)22(18)16-6-2-3-7-16/h9-10,12-14,16,33H,2-8,11H2,1H3,(H2,28,29,34). The maximum Gasteiger partial charge on any atom is 0.323 e. The Morgan fingerprint density at radius 3 is 2.86 bits per heavy atom. The maximum absolute atomic E-state index is 12.9. The molecule has 0 unspecified atom stereocenters. The number of fused-ring (bicyclic) bond motifs is 1. The third kappa shape index (κ3) is 4.99. The van der Waals surface area contributed by atoms with Gasteiger partial charge in [0.25, 0.3) is 0 Å². The first-order valence-electron chi connectivity index (χ1n) is 11.9. The number of aliphatic hydroxyl groups is 1. The van der Waals surface area contributed by atoms with E-state index in [1.54, 1.807) is 18.6 Å². The van der Waals surface area contributed by atoms with Gasteiger partial charge in [-0.3, -0.25) is 4.98 Å². The molecule has 0 bridgehead atoms. The number of amides is 2. The lowest BCUT2D eigenvalue weighted by Crippen LogP contribution is -2.22. The van der Waals surface area contributed by atoms with Crippen LogP contribution in [-0.2, 0) is 6.42 Å². The van der Waals surface area contributed by atoms with Crippen LogP contribution in [0.2, 0.25) is 0 Å². The van der Waals surface area contributed by atoms with Crippen LogP contribution in [0.25, 0.3) is 17.2 Å². The van der Waals surface area contributed by atoms with Crippen LogP contribution in [0.15, 0.2) is 35.2 Å². The average molecular weight is 477 g/mol. The van der Waals surface area contributed by atoms with E-state index in [-0.39, 0.29) is 12.6 Å². The molecule has 182 valence electrons. The minimum Gasteiger partial charge on any atom is -0.396 e. The monoisotopic (exact) mass is 476 g/mol. The number of aliphatic hydroxyl groups excluding tert-OH is 1. The molecule has 11 nitrogen and oxygen atoms in total. The summed E-state index contributed by atoms with van der Waals surface area (Å²) in [5.41, 5.74) is 4.36. The zero-order valence-electron chi connectivity index (χ0n) is 19.6. The molecule has 4 aromatic heterocycles. The van der Waals surface area contributed by atoms with Crippen molar-refractivity contribution >= 4 is 23.1 Å². The molecule has 0 saturated heterocycles. The zero-order chi connectivity index (χ0) is 24.2. The van der Waals surface area contributed by atoms with E-state index >= 15 is 0 Å². The van der Waals surface area contributed by atoms with Gasteiger partial charge in [-0.25, -0.2) is 14.3 Å². The van der Waals surface area contributed by atoms with Gasteiger partial charge >= 0.3 is 6.03 Å². The second-order valence-electron chi connectivity index (χ2n) is 8.80. The van der Waals surface area contributed by atoms with Crippen molar-refractivity contribution in [3.63, 3.8) is 0 Å². The Morgan fingerprint density at radius 2 is 2.06 bits per heavy atom. The predicted molar refractivity (Wildman–Crippen MR) is 129 cm³/mol. The van der Waals surface area contributed by atoms with Crippen molar-refractivity contribution in [3.8, 4) is 11.5 Å². The van der Waals surface area contributed by atoms with Crippen LogP contribution < -0.4 is 10.6 Å². The SMILES string of the molecule is Cc1cc(NC(=O)Nc2cnc3ccnn3c2C2CCCC2)cnc1-c1noc(CCCCO)n1. The Balaban J connectivity index is 1.29. The number of hydrogen-bond acceptors (Lipinski definition) is 8. The van der Waals surface area contributed by atoms with Crippen LogP contribution >= 0.6 is 0 Å². The van der Waals surface area contributed by atoms with Crippen LogP contribution in [0.3, 0.4) is 0 Å². The van der Waals surface area contributed by atoms with Gasteiger partial charge in [0.05, 0.1) is 35.7 Å². The van der Waals surface area contributed by atoms with E-state index in [2.05, 4.69) is 35.8 Å². The first kappa shape index (κ1) is 22.9. The highest BCUT2D eigenvalue weighted by Crippen LogP contribution is 2.37. The number of carbonyl (C=O) groups excluding carboxylic acids is 1. The Kier molecular flexibility index (Phi) is 6.66. The summed E-state index contributed by atoms with van der Waals surface area (Å²) >= 11 is 0. The number of nitrogens with one attached hydrogen (secondary N) is 2. The topological polar surface area (TPSA) is 143 Å². The molecule has 1 aliphatic rings. The molecular formula is C24H28N8O3. The number of aryl methyl sites for hydroxylation is 2. The maximum atomic E-state index is 12.9. The summed E-state index contributed by atoms with van der Waals surface area (Å²) in [6.07, 6.45) is 11.5. The summed E-state index contributed by atoms with van der Waals surface area (Å²) in [6.45, 7) is 2.01. The number of carbonyl (C=O) groups is 1. The third-order valence-electron chi connectivity index (χ3n) is 6.26. The van der Waals surface area contributed by atoms with Crippen LogP contribution in [0.1, 0.15) is 61.6 Å². The summed E-state index contributed by atoms with van der Waals surface area (Å²) in [6, 6.07) is 3.30. The van der Waals surface area contributed by atoms with Crippen molar-refractivity contribution in [1.29, 1.82) is 0 Å². The van der Waals surface area contributed by atoms with Gasteiger partial charge in [0.2, 0.25) is 11.7 Å². The quantitative estimate of drug-likeness (QED) is 0.323. The van der Waals surface area contributed by atoms with Crippen molar-refractivity contribution in [2.45, 2.75) is 57.8 Å². The van der Waals surface area contributed by atoms with E-state index in [0.717, 1.165) is 36.2 Å². The van der Waals surface area contributed by atoms with Crippen LogP contribution in [0.5, 0.6) is 0 Å². The molecule has 2 amide bonds. The molecule has 0 spiro atoms. The van der Waals surface area contributed by atoms with E-state index < -0.39 is 0 Å². The average Bonchev–Trinajstić information content (AvgIpc) is 3.61. The predicted octanol–water partition coefficient (Wildman–Crippen LogP) is 4.10. The molecule has 0 radical (unpaired) electrons. The summed E-state index contributed by atoms with van der Waals surface area (Å²) in [4.78, 5) is 26.1. The largest absolute Gasteiger partial charge is 0.396 e. The molecule has 4 aromatic rings. The van der Waals surface area contributed by atoms with Crippen LogP contribution in [0.4, 0.5) is 16.2 Å². The Labute approximate surface area is 202 Å². The normalized spacial score (nSPS) is 14.0. The summed E-state index contributed by atoms with van der Waals surface area (Å²) in [5.74, 6) is 1.25. The van der Waals surface area contributed by atoms with Gasteiger partial charge < -0.3 is 20.3 Å². The molecule has 35 heavy (non-hydrogen) atoms. The van der Waals surface area contributed by atoms with E-state index in [4.69, 9.17) is 9.63 Å². The van der Waals surface area contributed by atoms with E-state index in [1.807, 2.05) is 23.6 Å². The molecule has 3 N–H and O–H groups in total. The lowest BCUT2D eigenvalue weighted by molar-refractivity contribution is 0.262. The number of anilines is 2. The number of nitrogens with zero attached hydrogens (tertiary/aromatic N) is 6. The number of rotatable bonds is 8. The summed E-state index contributed by atoms with van der Waals surface area (Å²) in [7, 11) is 0. The molecular weight excluding hydrogens is 448 g/mol. The van der Waals surface area contributed by atoms with Crippen molar-refractivity contribution in [2.24, 2.45) is 0 Å². The fourth-order valence-corrected chi connectivity index (χ4v) is 4.58. The Morgan fingerprint density at radius 1 is 1.20 bits per heavy atom. The molecule has 5 rings (SSSR count). The third-order valence-corrected chi connectivity index (χ3v) is 6.26. The first-order chi connectivity index (χ1) is 17.1. The smallest absolute Gasteiger partial charge is 0.323 e. The van der Waals surface area contributed by atoms with Gasteiger partial charge in [0, 0.05) is 25.0 Å². The van der Waals surface area contributed by atoms with Crippen molar-refractivity contribution in [1.82, 2.24) is 29.7 Å². The minimum absolute atomic E-state index is 0.139. The molecule has 11 heteroatoms. The second kappa shape index (κ2) is 10.2. The Hall–Kier alpha value is -3.86. The highest BCUT2D eigenvalue weighted by Gasteiger charge is 2.24. The summed E-state index contributed by atoms with van der Waals surface area (Å²) < 4.78 is 7.11. The molecule has 0 aliphatic heterocycles. The van der Waals surface area contributed by atoms with Crippen molar-refractivity contribution in [2.75, 3.05) is 17.2 Å². The number of hydrogen-bond donors (Lipinski definition) is 3. The molecule has 1 fully saturated rings. The summed E-state index contributed by atoms with van der Waals surface area (Å²) in [5, 5.41) is 23.2. The first-order valence-corrected chi connectivity index (χ1v) is 11.9. The molecule has 0 atom stereocenters. The lowest BCUT2D eigenvalue weighted by Gasteiger charge is -2.17. The molecule has 1 aliphatic carbocycles. The highest BCUT2D eigenvalue weighted by atomic mass is 16.5. The van der Waals surface area contributed by atoms with Gasteiger partial charge in [0.1, 0.15) is 5.69 Å². The fourth-order valence-electron chi connectivity index (χ4n) is 4.58. The fraction of sp³-hybridized carbons (Fsp3) is 0.417. The number of aromatic nitrogens is 6. The number of pyridine rings is 1. The van der Waals surface area contributed by atoms with Gasteiger partial charge in [-0.15, -0.1) is 0 Å². The van der Waals surface area contributed by atoms with Gasteiger partial charge in [0.15, 0.2) is 5.65 Å². The van der Waals surface area contributed by atoms with E-state index in [0.29, 0.717) is 47.5 Å².